The van der Waals surface area contributed by atoms with Gasteiger partial charge in [-0.05, 0) is 54.6 Å². The Labute approximate surface area is 138 Å². The summed E-state index contributed by atoms with van der Waals surface area (Å²) >= 11 is 1.65. The van der Waals surface area contributed by atoms with E-state index in [1.165, 1.54) is 12.5 Å². The number of furan rings is 1. The third kappa shape index (κ3) is 3.96. The Kier molecular flexibility index (Phi) is 4.68. The van der Waals surface area contributed by atoms with Crippen LogP contribution in [0.2, 0.25) is 0 Å². The van der Waals surface area contributed by atoms with Gasteiger partial charge in [0, 0.05) is 15.5 Å². The molecule has 0 saturated heterocycles. The predicted molar refractivity (Wildman–Crippen MR) is 90.2 cm³/mol. The molecule has 2 aromatic carbocycles. The molecule has 1 heterocycles. The second-order valence-electron chi connectivity index (χ2n) is 4.77. The predicted octanol–water partition coefficient (Wildman–Crippen LogP) is 4.69. The molecule has 3 rings (SSSR count). The van der Waals surface area contributed by atoms with Gasteiger partial charge in [0.1, 0.15) is 12.0 Å². The first kappa shape index (κ1) is 15.2. The number of anilines is 1. The van der Waals surface area contributed by atoms with Gasteiger partial charge in [-0.3, -0.25) is 4.79 Å². The minimum Gasteiger partial charge on any atom is -0.497 e. The van der Waals surface area contributed by atoms with Crippen LogP contribution < -0.4 is 10.1 Å². The highest BCUT2D eigenvalue weighted by Crippen LogP contribution is 2.29. The SMILES string of the molecule is COc1ccc(Sc2ccc(NC(=O)c3ccoc3)cc2)cc1. The van der Waals surface area contributed by atoms with Crippen molar-refractivity contribution in [3.8, 4) is 5.75 Å². The lowest BCUT2D eigenvalue weighted by Gasteiger charge is -2.06. The van der Waals surface area contributed by atoms with Gasteiger partial charge in [-0.1, -0.05) is 11.8 Å². The topological polar surface area (TPSA) is 51.5 Å². The summed E-state index contributed by atoms with van der Waals surface area (Å²) in [4.78, 5) is 14.1. The minimum absolute atomic E-state index is 0.186. The molecule has 0 fully saturated rings. The van der Waals surface area contributed by atoms with Gasteiger partial charge in [-0.25, -0.2) is 0 Å². The maximum atomic E-state index is 11.9. The fraction of sp³-hybridized carbons (Fsp3) is 0.0556. The first-order valence-electron chi connectivity index (χ1n) is 7.00. The Balaban J connectivity index is 1.63. The van der Waals surface area contributed by atoms with E-state index in [1.807, 2.05) is 48.5 Å². The number of amides is 1. The third-order valence-electron chi connectivity index (χ3n) is 3.19. The second kappa shape index (κ2) is 7.07. The van der Waals surface area contributed by atoms with Gasteiger partial charge in [-0.15, -0.1) is 0 Å². The van der Waals surface area contributed by atoms with E-state index in [1.54, 1.807) is 24.9 Å². The molecular weight excluding hydrogens is 310 g/mol. The average molecular weight is 325 g/mol. The first-order chi connectivity index (χ1) is 11.2. The maximum absolute atomic E-state index is 11.9. The summed E-state index contributed by atoms with van der Waals surface area (Å²) in [6.07, 6.45) is 2.90. The van der Waals surface area contributed by atoms with Crippen molar-refractivity contribution in [2.75, 3.05) is 12.4 Å². The Morgan fingerprint density at radius 1 is 1.00 bits per heavy atom. The summed E-state index contributed by atoms with van der Waals surface area (Å²) in [7, 11) is 1.65. The molecule has 5 heteroatoms. The second-order valence-corrected chi connectivity index (χ2v) is 5.92. The van der Waals surface area contributed by atoms with Crippen LogP contribution in [0.4, 0.5) is 5.69 Å². The van der Waals surface area contributed by atoms with Crippen molar-refractivity contribution in [3.05, 3.63) is 72.7 Å². The van der Waals surface area contributed by atoms with Crippen molar-refractivity contribution in [1.82, 2.24) is 0 Å². The number of rotatable bonds is 5. The van der Waals surface area contributed by atoms with Crippen LogP contribution in [0, 0.1) is 0 Å². The molecule has 1 N–H and O–H groups in total. The number of carbonyl (C=O) groups is 1. The number of hydrogen-bond acceptors (Lipinski definition) is 4. The van der Waals surface area contributed by atoms with E-state index in [2.05, 4.69) is 5.32 Å². The Hall–Kier alpha value is -2.66. The molecule has 0 aliphatic rings. The van der Waals surface area contributed by atoms with Crippen LogP contribution in [0.15, 0.2) is 81.3 Å². The molecule has 1 aromatic heterocycles. The van der Waals surface area contributed by atoms with Crippen LogP contribution >= 0.6 is 11.8 Å². The van der Waals surface area contributed by atoms with Crippen molar-refractivity contribution in [2.24, 2.45) is 0 Å². The summed E-state index contributed by atoms with van der Waals surface area (Å²) in [5, 5.41) is 2.83. The van der Waals surface area contributed by atoms with Crippen molar-refractivity contribution in [2.45, 2.75) is 9.79 Å². The molecule has 116 valence electrons. The molecule has 0 radical (unpaired) electrons. The lowest BCUT2D eigenvalue weighted by molar-refractivity contribution is 0.102. The Morgan fingerprint density at radius 2 is 1.65 bits per heavy atom. The number of benzene rings is 2. The molecule has 23 heavy (non-hydrogen) atoms. The van der Waals surface area contributed by atoms with Crippen molar-refractivity contribution < 1.29 is 13.9 Å². The lowest BCUT2D eigenvalue weighted by atomic mass is 10.3. The lowest BCUT2D eigenvalue weighted by Crippen LogP contribution is -2.10. The minimum atomic E-state index is -0.186. The summed E-state index contributed by atoms with van der Waals surface area (Å²) in [5.74, 6) is 0.654. The zero-order chi connectivity index (χ0) is 16.1. The van der Waals surface area contributed by atoms with E-state index in [4.69, 9.17) is 9.15 Å². The van der Waals surface area contributed by atoms with E-state index in [0.29, 0.717) is 5.56 Å². The normalized spacial score (nSPS) is 10.3. The smallest absolute Gasteiger partial charge is 0.258 e. The molecule has 0 aliphatic carbocycles. The van der Waals surface area contributed by atoms with Gasteiger partial charge in [0.25, 0.3) is 5.91 Å². The molecule has 1 amide bonds. The van der Waals surface area contributed by atoms with Crippen LogP contribution in [0.1, 0.15) is 10.4 Å². The fourth-order valence-electron chi connectivity index (χ4n) is 1.98. The van der Waals surface area contributed by atoms with E-state index >= 15 is 0 Å². The molecule has 0 spiro atoms. The maximum Gasteiger partial charge on any atom is 0.258 e. The summed E-state index contributed by atoms with van der Waals surface area (Å²) in [6.45, 7) is 0. The molecule has 0 aliphatic heterocycles. The number of carbonyl (C=O) groups excluding carboxylic acids is 1. The van der Waals surface area contributed by atoms with Crippen molar-refractivity contribution in [1.29, 1.82) is 0 Å². The molecule has 0 atom stereocenters. The van der Waals surface area contributed by atoms with Crippen LogP contribution in [0.5, 0.6) is 5.75 Å². The van der Waals surface area contributed by atoms with Crippen molar-refractivity contribution in [3.63, 3.8) is 0 Å². The van der Waals surface area contributed by atoms with Gasteiger partial charge < -0.3 is 14.5 Å². The largest absolute Gasteiger partial charge is 0.497 e. The monoisotopic (exact) mass is 325 g/mol. The summed E-state index contributed by atoms with van der Waals surface area (Å²) < 4.78 is 10.0. The highest BCUT2D eigenvalue weighted by atomic mass is 32.2. The third-order valence-corrected chi connectivity index (χ3v) is 4.21. The standard InChI is InChI=1S/C18H15NO3S/c1-21-15-4-8-17(9-5-15)23-16-6-2-14(3-7-16)19-18(20)13-10-11-22-12-13/h2-12H,1H3,(H,19,20). The van der Waals surface area contributed by atoms with Crippen LogP contribution in [0.3, 0.4) is 0 Å². The van der Waals surface area contributed by atoms with E-state index < -0.39 is 0 Å². The summed E-state index contributed by atoms with van der Waals surface area (Å²) in [5.41, 5.74) is 1.25. The van der Waals surface area contributed by atoms with Gasteiger partial charge in [0.2, 0.25) is 0 Å². The average Bonchev–Trinajstić information content (AvgIpc) is 3.12. The highest BCUT2D eigenvalue weighted by molar-refractivity contribution is 7.99. The van der Waals surface area contributed by atoms with E-state index in [0.717, 1.165) is 21.2 Å². The molecule has 0 saturated carbocycles. The number of methoxy groups -OCH3 is 1. The van der Waals surface area contributed by atoms with E-state index in [-0.39, 0.29) is 5.91 Å². The molecule has 4 nitrogen and oxygen atoms in total. The van der Waals surface area contributed by atoms with Gasteiger partial charge in [-0.2, -0.15) is 0 Å². The molecule has 0 bridgehead atoms. The van der Waals surface area contributed by atoms with Crippen LogP contribution in [-0.4, -0.2) is 13.0 Å². The number of nitrogens with one attached hydrogen (secondary N) is 1. The van der Waals surface area contributed by atoms with Gasteiger partial charge in [0.05, 0.1) is 18.9 Å². The molecule has 3 aromatic rings. The van der Waals surface area contributed by atoms with Crippen molar-refractivity contribution >= 4 is 23.4 Å². The van der Waals surface area contributed by atoms with E-state index in [9.17, 15) is 4.79 Å². The zero-order valence-corrected chi connectivity index (χ0v) is 13.3. The van der Waals surface area contributed by atoms with Gasteiger partial charge in [0.15, 0.2) is 0 Å². The quantitative estimate of drug-likeness (QED) is 0.739. The number of ether oxygens (including phenoxy) is 1. The first-order valence-corrected chi connectivity index (χ1v) is 7.82. The zero-order valence-electron chi connectivity index (χ0n) is 12.5. The Morgan fingerprint density at radius 3 is 2.22 bits per heavy atom. The molecule has 0 unspecified atom stereocenters. The fourth-order valence-corrected chi connectivity index (χ4v) is 2.80. The molecular formula is C18H15NO3S. The summed E-state index contributed by atoms with van der Waals surface area (Å²) in [6, 6.07) is 17.2. The number of hydrogen-bond donors (Lipinski definition) is 1. The van der Waals surface area contributed by atoms with Crippen LogP contribution in [0.25, 0.3) is 0 Å². The van der Waals surface area contributed by atoms with Gasteiger partial charge >= 0.3 is 0 Å². The Bertz CT molecular complexity index is 765. The van der Waals surface area contributed by atoms with Crippen LogP contribution in [-0.2, 0) is 0 Å². The highest BCUT2D eigenvalue weighted by Gasteiger charge is 2.07.